The Balaban J connectivity index is 1.60. The first kappa shape index (κ1) is 14.8. The van der Waals surface area contributed by atoms with Gasteiger partial charge in [-0.15, -0.1) is 0 Å². The van der Waals surface area contributed by atoms with Gasteiger partial charge in [0.2, 0.25) is 5.91 Å². The molecular formula is C15H22N2O3. The van der Waals surface area contributed by atoms with E-state index in [1.54, 1.807) is 18.2 Å². The lowest BCUT2D eigenvalue weighted by molar-refractivity contribution is -0.120. The van der Waals surface area contributed by atoms with Crippen LogP contribution in [-0.2, 0) is 16.0 Å². The number of aromatic hydroxyl groups is 1. The molecule has 0 radical (unpaired) electrons. The summed E-state index contributed by atoms with van der Waals surface area (Å²) in [5.41, 5.74) is 0.807. The van der Waals surface area contributed by atoms with E-state index in [0.717, 1.165) is 31.5 Å². The molecule has 1 aromatic carbocycles. The van der Waals surface area contributed by atoms with E-state index < -0.39 is 0 Å². The minimum atomic E-state index is -0.0514. The van der Waals surface area contributed by atoms with E-state index in [1.807, 2.05) is 6.07 Å². The fraction of sp³-hybridized carbons (Fsp3) is 0.533. The molecule has 5 nitrogen and oxygen atoms in total. The molecule has 0 aromatic heterocycles. The molecule has 20 heavy (non-hydrogen) atoms. The molecule has 0 bridgehead atoms. The maximum Gasteiger partial charge on any atom is 0.224 e. The van der Waals surface area contributed by atoms with Crippen molar-refractivity contribution >= 4 is 5.91 Å². The van der Waals surface area contributed by atoms with Crippen molar-refractivity contribution in [1.29, 1.82) is 0 Å². The molecular weight excluding hydrogens is 256 g/mol. The molecule has 1 aliphatic heterocycles. The number of hydrogen-bond donors (Lipinski definition) is 3. The molecule has 0 atom stereocenters. The smallest absolute Gasteiger partial charge is 0.224 e. The van der Waals surface area contributed by atoms with Gasteiger partial charge in [0.1, 0.15) is 5.75 Å². The van der Waals surface area contributed by atoms with Gasteiger partial charge >= 0.3 is 0 Å². The summed E-state index contributed by atoms with van der Waals surface area (Å²) >= 11 is 0. The van der Waals surface area contributed by atoms with E-state index in [9.17, 15) is 9.90 Å². The van der Waals surface area contributed by atoms with Crippen LogP contribution in [-0.4, -0.2) is 43.4 Å². The number of hydrogen-bond acceptors (Lipinski definition) is 4. The third kappa shape index (κ3) is 5.19. The second-order valence-electron chi connectivity index (χ2n) is 5.02. The molecule has 1 heterocycles. The van der Waals surface area contributed by atoms with Crippen molar-refractivity contribution in [2.24, 2.45) is 0 Å². The predicted molar refractivity (Wildman–Crippen MR) is 76.7 cm³/mol. The van der Waals surface area contributed by atoms with Gasteiger partial charge in [0.05, 0.1) is 19.1 Å². The molecule has 0 saturated carbocycles. The average molecular weight is 278 g/mol. The number of phenols is 1. The summed E-state index contributed by atoms with van der Waals surface area (Å²) in [5.74, 6) is 0.133. The number of rotatable bonds is 6. The quantitative estimate of drug-likeness (QED) is 0.674. The summed E-state index contributed by atoms with van der Waals surface area (Å²) < 4.78 is 5.71. The van der Waals surface area contributed by atoms with E-state index in [-0.39, 0.29) is 18.1 Å². The zero-order valence-electron chi connectivity index (χ0n) is 11.6. The lowest BCUT2D eigenvalue weighted by Crippen LogP contribution is -2.35. The Morgan fingerprint density at radius 3 is 2.95 bits per heavy atom. The van der Waals surface area contributed by atoms with Gasteiger partial charge < -0.3 is 20.5 Å². The van der Waals surface area contributed by atoms with Crippen LogP contribution in [0.1, 0.15) is 18.4 Å². The summed E-state index contributed by atoms with van der Waals surface area (Å²) in [7, 11) is 0. The van der Waals surface area contributed by atoms with E-state index in [2.05, 4.69) is 10.6 Å². The van der Waals surface area contributed by atoms with Crippen LogP contribution in [0.5, 0.6) is 5.75 Å². The number of benzene rings is 1. The second kappa shape index (κ2) is 7.87. The highest BCUT2D eigenvalue weighted by Gasteiger charge is 2.12. The normalized spacial score (nSPS) is 16.0. The number of amides is 1. The first-order valence-corrected chi connectivity index (χ1v) is 7.11. The standard InChI is InChI=1S/C15H22N2O3/c18-13-3-1-2-12(10-13)11-15(19)17-8-9-20-14-4-6-16-7-5-14/h1-3,10,14,16,18H,4-9,11H2,(H,17,19). The summed E-state index contributed by atoms with van der Waals surface area (Å²) in [6, 6.07) is 6.75. The Morgan fingerprint density at radius 2 is 2.20 bits per heavy atom. The molecule has 1 amide bonds. The molecule has 0 unspecified atom stereocenters. The molecule has 1 saturated heterocycles. The van der Waals surface area contributed by atoms with Gasteiger partial charge in [0.15, 0.2) is 0 Å². The van der Waals surface area contributed by atoms with Crippen LogP contribution in [0.25, 0.3) is 0 Å². The third-order valence-corrected chi connectivity index (χ3v) is 3.34. The van der Waals surface area contributed by atoms with Crippen LogP contribution in [0, 0.1) is 0 Å². The number of ether oxygens (including phenoxy) is 1. The first-order chi connectivity index (χ1) is 9.74. The van der Waals surface area contributed by atoms with E-state index in [0.29, 0.717) is 19.3 Å². The molecule has 2 rings (SSSR count). The van der Waals surface area contributed by atoms with Gasteiger partial charge in [-0.05, 0) is 43.6 Å². The number of phenolic OH excluding ortho intramolecular Hbond substituents is 1. The van der Waals surface area contributed by atoms with Gasteiger partial charge in [-0.3, -0.25) is 4.79 Å². The van der Waals surface area contributed by atoms with Gasteiger partial charge in [0, 0.05) is 6.54 Å². The van der Waals surface area contributed by atoms with Crippen molar-refractivity contribution in [2.45, 2.75) is 25.4 Å². The Hall–Kier alpha value is -1.59. The fourth-order valence-corrected chi connectivity index (χ4v) is 2.29. The van der Waals surface area contributed by atoms with Crippen molar-refractivity contribution in [1.82, 2.24) is 10.6 Å². The third-order valence-electron chi connectivity index (χ3n) is 3.34. The monoisotopic (exact) mass is 278 g/mol. The van der Waals surface area contributed by atoms with Crippen molar-refractivity contribution in [3.8, 4) is 5.75 Å². The topological polar surface area (TPSA) is 70.6 Å². The SMILES string of the molecule is O=C(Cc1cccc(O)c1)NCCOC1CCNCC1. The maximum atomic E-state index is 11.7. The zero-order valence-corrected chi connectivity index (χ0v) is 11.6. The summed E-state index contributed by atoms with van der Waals surface area (Å²) in [4.78, 5) is 11.7. The van der Waals surface area contributed by atoms with Gasteiger partial charge in [-0.25, -0.2) is 0 Å². The van der Waals surface area contributed by atoms with E-state index >= 15 is 0 Å². The number of carbonyl (C=O) groups excluding carboxylic acids is 1. The van der Waals surface area contributed by atoms with Crippen molar-refractivity contribution in [2.75, 3.05) is 26.2 Å². The van der Waals surface area contributed by atoms with Crippen molar-refractivity contribution in [3.63, 3.8) is 0 Å². The van der Waals surface area contributed by atoms with Crippen molar-refractivity contribution in [3.05, 3.63) is 29.8 Å². The van der Waals surface area contributed by atoms with E-state index in [4.69, 9.17) is 4.74 Å². The van der Waals surface area contributed by atoms with Gasteiger partial charge in [-0.1, -0.05) is 12.1 Å². The molecule has 5 heteroatoms. The molecule has 3 N–H and O–H groups in total. The Labute approximate surface area is 119 Å². The number of piperidine rings is 1. The molecule has 1 aromatic rings. The molecule has 110 valence electrons. The highest BCUT2D eigenvalue weighted by Crippen LogP contribution is 2.11. The molecule has 1 fully saturated rings. The number of carbonyl (C=O) groups is 1. The Kier molecular flexibility index (Phi) is 5.83. The molecule has 0 spiro atoms. The van der Waals surface area contributed by atoms with Crippen LogP contribution in [0.3, 0.4) is 0 Å². The van der Waals surface area contributed by atoms with Crippen LogP contribution in [0.2, 0.25) is 0 Å². The summed E-state index contributed by atoms with van der Waals surface area (Å²) in [6.07, 6.45) is 2.68. The van der Waals surface area contributed by atoms with Gasteiger partial charge in [0.25, 0.3) is 0 Å². The number of nitrogens with one attached hydrogen (secondary N) is 2. The largest absolute Gasteiger partial charge is 0.508 e. The second-order valence-corrected chi connectivity index (χ2v) is 5.02. The van der Waals surface area contributed by atoms with Crippen LogP contribution >= 0.6 is 0 Å². The Bertz CT molecular complexity index is 431. The van der Waals surface area contributed by atoms with Crippen LogP contribution < -0.4 is 10.6 Å². The minimum Gasteiger partial charge on any atom is -0.508 e. The highest BCUT2D eigenvalue weighted by atomic mass is 16.5. The summed E-state index contributed by atoms with van der Waals surface area (Å²) in [5, 5.41) is 15.4. The fourth-order valence-electron chi connectivity index (χ4n) is 2.29. The average Bonchev–Trinajstić information content (AvgIpc) is 2.45. The van der Waals surface area contributed by atoms with E-state index in [1.165, 1.54) is 0 Å². The molecule has 1 aliphatic rings. The van der Waals surface area contributed by atoms with Gasteiger partial charge in [-0.2, -0.15) is 0 Å². The van der Waals surface area contributed by atoms with Crippen LogP contribution in [0.4, 0.5) is 0 Å². The predicted octanol–water partition coefficient (Wildman–Crippen LogP) is 0.819. The highest BCUT2D eigenvalue weighted by molar-refractivity contribution is 5.78. The zero-order chi connectivity index (χ0) is 14.2. The Morgan fingerprint density at radius 1 is 1.40 bits per heavy atom. The molecule has 0 aliphatic carbocycles. The summed E-state index contributed by atoms with van der Waals surface area (Å²) in [6.45, 7) is 3.10. The maximum absolute atomic E-state index is 11.7. The lowest BCUT2D eigenvalue weighted by Gasteiger charge is -2.22. The lowest BCUT2D eigenvalue weighted by atomic mass is 10.1. The minimum absolute atomic E-state index is 0.0514. The van der Waals surface area contributed by atoms with Crippen LogP contribution in [0.15, 0.2) is 24.3 Å². The first-order valence-electron chi connectivity index (χ1n) is 7.11. The van der Waals surface area contributed by atoms with Crippen molar-refractivity contribution < 1.29 is 14.6 Å².